The van der Waals surface area contributed by atoms with Crippen LogP contribution < -0.4 is 14.4 Å². The maximum Gasteiger partial charge on any atom is 0.458 e. The minimum atomic E-state index is -5.78. The predicted octanol–water partition coefficient (Wildman–Crippen LogP) is 6.48. The van der Waals surface area contributed by atoms with Crippen LogP contribution in [-0.2, 0) is 15.8 Å². The van der Waals surface area contributed by atoms with Gasteiger partial charge in [-0.05, 0) is 55.7 Å². The Balaban J connectivity index is 1.40. The van der Waals surface area contributed by atoms with E-state index >= 15 is 0 Å². The van der Waals surface area contributed by atoms with E-state index in [2.05, 4.69) is 4.72 Å². The zero-order chi connectivity index (χ0) is 27.3. The molecule has 0 radical (unpaired) electrons. The normalized spacial score (nSPS) is 23.1. The fourth-order valence-corrected chi connectivity index (χ4v) is 6.30. The van der Waals surface area contributed by atoms with Crippen molar-refractivity contribution in [2.75, 3.05) is 4.90 Å². The van der Waals surface area contributed by atoms with Crippen LogP contribution in [0.25, 0.3) is 0 Å². The summed E-state index contributed by atoms with van der Waals surface area (Å²) >= 11 is 0. The highest BCUT2D eigenvalue weighted by atomic mass is 32.2. The lowest BCUT2D eigenvalue weighted by molar-refractivity contribution is -0.289. The Labute approximate surface area is 216 Å². The summed E-state index contributed by atoms with van der Waals surface area (Å²) in [5, 5.41) is 11.4. The number of rotatable bonds is 5. The summed E-state index contributed by atoms with van der Waals surface area (Å²) in [5.41, 5.74) is 0.166. The molecule has 1 aliphatic heterocycles. The first-order chi connectivity index (χ1) is 17.9. The number of hydrogen-bond donors (Lipinski definition) is 3. The Hall–Kier alpha value is -3.22. The third kappa shape index (κ3) is 4.61. The van der Waals surface area contributed by atoms with Crippen LogP contribution in [0.15, 0.2) is 77.7 Å². The molecule has 4 atom stereocenters. The highest BCUT2D eigenvalue weighted by molar-refractivity contribution is 7.90. The average Bonchev–Trinajstić information content (AvgIpc) is 2.88. The summed E-state index contributed by atoms with van der Waals surface area (Å²) in [5.74, 6) is -3.87. The molecule has 4 unspecified atom stereocenters. The molecule has 0 spiro atoms. The van der Waals surface area contributed by atoms with Crippen molar-refractivity contribution in [3.05, 3.63) is 78.4 Å². The first kappa shape index (κ1) is 26.4. The van der Waals surface area contributed by atoms with Gasteiger partial charge in [0.05, 0.1) is 28.4 Å². The molecule has 12 heteroatoms. The van der Waals surface area contributed by atoms with Crippen LogP contribution in [0.4, 0.5) is 33.3 Å². The molecule has 1 saturated carbocycles. The van der Waals surface area contributed by atoms with Crippen molar-refractivity contribution in [1.82, 2.24) is 4.72 Å². The van der Waals surface area contributed by atoms with Crippen LogP contribution in [0.5, 0.6) is 11.5 Å². The second-order valence-electron chi connectivity index (χ2n) is 9.27. The second kappa shape index (κ2) is 9.51. The van der Waals surface area contributed by atoms with Crippen molar-refractivity contribution in [3.8, 4) is 11.5 Å². The van der Waals surface area contributed by atoms with E-state index in [1.807, 2.05) is 53.4 Å². The molecule has 6 nitrogen and oxygen atoms in total. The quantitative estimate of drug-likeness (QED) is 0.316. The zero-order valence-corrected chi connectivity index (χ0v) is 20.6. The Morgan fingerprint density at radius 3 is 2.00 bits per heavy atom. The van der Waals surface area contributed by atoms with E-state index in [4.69, 9.17) is 9.52 Å². The fourth-order valence-electron chi connectivity index (χ4n) is 4.96. The van der Waals surface area contributed by atoms with Gasteiger partial charge in [0.15, 0.2) is 11.5 Å². The maximum atomic E-state index is 13.6. The number of nitrogens with zero attached hydrogens (tertiary/aromatic N) is 1. The molecule has 0 bridgehead atoms. The molecule has 1 fully saturated rings. The number of nitrogens with one attached hydrogen (secondary N) is 2. The first-order valence-electron chi connectivity index (χ1n) is 11.8. The minimum Gasteiger partial charge on any atom is -0.453 e. The Morgan fingerprint density at radius 2 is 1.45 bits per heavy atom. The molecule has 38 heavy (non-hydrogen) atoms. The van der Waals surface area contributed by atoms with Crippen LogP contribution >= 0.6 is 0 Å². The van der Waals surface area contributed by atoms with Gasteiger partial charge in [-0.3, -0.25) is 0 Å². The van der Waals surface area contributed by atoms with Gasteiger partial charge < -0.3 is 14.7 Å². The van der Waals surface area contributed by atoms with Crippen molar-refractivity contribution in [2.45, 2.75) is 54.4 Å². The number of para-hydroxylation sites is 4. The van der Waals surface area contributed by atoms with Gasteiger partial charge in [-0.15, -0.1) is 0 Å². The van der Waals surface area contributed by atoms with Gasteiger partial charge in [-0.25, -0.2) is 13.7 Å². The summed E-state index contributed by atoms with van der Waals surface area (Å²) in [7, 11) is -3.85. The van der Waals surface area contributed by atoms with Gasteiger partial charge in [0.2, 0.25) is 0 Å². The average molecular weight is 554 g/mol. The number of alkyl halides is 5. The maximum absolute atomic E-state index is 13.6. The van der Waals surface area contributed by atoms with Crippen LogP contribution in [0.1, 0.15) is 24.8 Å². The zero-order valence-electron chi connectivity index (χ0n) is 19.8. The molecule has 3 aromatic carbocycles. The number of aliphatic hydroxyl groups is 1. The van der Waals surface area contributed by atoms with Crippen molar-refractivity contribution in [3.63, 3.8) is 0 Å². The molecule has 0 saturated heterocycles. The van der Waals surface area contributed by atoms with E-state index in [1.165, 1.54) is 0 Å². The number of ether oxygens (including phenoxy) is 1. The molecule has 0 aromatic heterocycles. The Kier molecular flexibility index (Phi) is 6.60. The minimum absolute atomic E-state index is 0.268. The van der Waals surface area contributed by atoms with E-state index in [9.17, 15) is 31.3 Å². The van der Waals surface area contributed by atoms with Crippen molar-refractivity contribution >= 4 is 21.3 Å². The number of anilines is 2. The molecule has 3 N–H and O–H groups in total. The van der Waals surface area contributed by atoms with Crippen LogP contribution in [-0.4, -0.2) is 33.7 Å². The smallest absolute Gasteiger partial charge is 0.453 e. The first-order valence-corrected chi connectivity index (χ1v) is 13.4. The van der Waals surface area contributed by atoms with Crippen LogP contribution in [0, 0.1) is 4.78 Å². The van der Waals surface area contributed by atoms with Gasteiger partial charge in [0.25, 0.3) is 0 Å². The van der Waals surface area contributed by atoms with E-state index in [-0.39, 0.29) is 4.90 Å². The molecular weight excluding hydrogens is 529 g/mol. The Morgan fingerprint density at radius 1 is 0.895 bits per heavy atom. The van der Waals surface area contributed by atoms with E-state index in [0.717, 1.165) is 23.5 Å². The molecule has 1 aliphatic carbocycles. The SMILES string of the molecule is N=S(=O)(NC1CCCC(N2c3ccccc3Oc3ccccc32)C1O)c1ccc(C(F)(F)C(F)(F)F)cc1. The third-order valence-electron chi connectivity index (χ3n) is 6.84. The number of aliphatic hydroxyl groups excluding tert-OH is 1. The summed E-state index contributed by atoms with van der Waals surface area (Å²) in [6, 6.07) is 16.1. The number of hydrogen-bond acceptors (Lipinski definition) is 5. The molecule has 3 aromatic rings. The van der Waals surface area contributed by atoms with Crippen molar-refractivity contribution in [1.29, 1.82) is 4.78 Å². The van der Waals surface area contributed by atoms with Gasteiger partial charge in [-0.1, -0.05) is 36.4 Å². The van der Waals surface area contributed by atoms with Gasteiger partial charge >= 0.3 is 12.1 Å². The monoisotopic (exact) mass is 553 g/mol. The standard InChI is InChI=1S/C26H24F5N3O3S/c27-25(28,26(29,30)31)16-12-14-17(15-13-16)38(32,36)33-18-6-5-9-21(24(18)35)34-19-7-1-3-10-22(19)37-23-11-4-2-8-20(23)34/h1-4,7-8,10-15,18,21,24,35H,5-6,9H2,(H2,32,33,36). The number of benzene rings is 3. The molecule has 1 heterocycles. The third-order valence-corrected chi connectivity index (χ3v) is 8.42. The molecular formula is C26H24F5N3O3S. The topological polar surface area (TPSA) is 85.7 Å². The molecule has 2 aliphatic rings. The largest absolute Gasteiger partial charge is 0.458 e. The highest BCUT2D eigenvalue weighted by Gasteiger charge is 2.58. The lowest BCUT2D eigenvalue weighted by Crippen LogP contribution is -2.55. The van der Waals surface area contributed by atoms with Crippen LogP contribution in [0.3, 0.4) is 0 Å². The van der Waals surface area contributed by atoms with E-state index < -0.39 is 45.8 Å². The summed E-state index contributed by atoms with van der Waals surface area (Å²) in [4.78, 5) is 1.70. The number of fused-ring (bicyclic) bond motifs is 2. The summed E-state index contributed by atoms with van der Waals surface area (Å²) in [6.45, 7) is 0. The predicted molar refractivity (Wildman–Crippen MR) is 131 cm³/mol. The number of halogens is 5. The highest BCUT2D eigenvalue weighted by Crippen LogP contribution is 2.49. The van der Waals surface area contributed by atoms with Crippen LogP contribution in [0.2, 0.25) is 0 Å². The lowest BCUT2D eigenvalue weighted by Gasteiger charge is -2.45. The van der Waals surface area contributed by atoms with E-state index in [0.29, 0.717) is 42.9 Å². The second-order valence-corrected chi connectivity index (χ2v) is 11.1. The van der Waals surface area contributed by atoms with E-state index in [1.54, 1.807) is 0 Å². The van der Waals surface area contributed by atoms with Gasteiger partial charge in [0, 0.05) is 11.6 Å². The molecule has 202 valence electrons. The van der Waals surface area contributed by atoms with Gasteiger partial charge in [0.1, 0.15) is 9.92 Å². The van der Waals surface area contributed by atoms with Crippen molar-refractivity contribution < 1.29 is 36.0 Å². The molecule has 5 rings (SSSR count). The summed E-state index contributed by atoms with van der Waals surface area (Å²) < 4.78 is 95.6. The summed E-state index contributed by atoms with van der Waals surface area (Å²) in [6.07, 6.45) is -5.29. The lowest BCUT2D eigenvalue weighted by atomic mass is 9.86. The van der Waals surface area contributed by atoms with Crippen molar-refractivity contribution in [2.24, 2.45) is 0 Å². The molecule has 0 amide bonds. The Bertz CT molecular complexity index is 1390. The fraction of sp³-hybridized carbons (Fsp3) is 0.308. The van der Waals surface area contributed by atoms with Gasteiger partial charge in [-0.2, -0.15) is 22.0 Å².